The zero-order chi connectivity index (χ0) is 13.8. The molecule has 2 N–H and O–H groups in total. The second kappa shape index (κ2) is 5.83. The Morgan fingerprint density at radius 1 is 1.40 bits per heavy atom. The Bertz CT molecular complexity index is 579. The van der Waals surface area contributed by atoms with Crippen LogP contribution in [0.15, 0.2) is 35.1 Å². The van der Waals surface area contributed by atoms with Crippen molar-refractivity contribution in [2.75, 3.05) is 18.4 Å². The lowest BCUT2D eigenvalue weighted by Gasteiger charge is -2.07. The first-order valence-corrected chi connectivity index (χ1v) is 6.68. The van der Waals surface area contributed by atoms with Crippen LogP contribution in [0.25, 0.3) is 11.5 Å². The van der Waals surface area contributed by atoms with Gasteiger partial charge in [0.15, 0.2) is 0 Å². The summed E-state index contributed by atoms with van der Waals surface area (Å²) < 4.78 is 5.13. The number of benzene rings is 1. The Kier molecular flexibility index (Phi) is 3.73. The highest BCUT2D eigenvalue weighted by Gasteiger charge is 2.20. The van der Waals surface area contributed by atoms with Crippen LogP contribution in [-0.4, -0.2) is 29.2 Å². The fraction of sp³-hybridized carbons (Fsp3) is 0.357. The normalized spacial score (nSPS) is 14.2. The molecular formula is C14H16N4O2. The molecular weight excluding hydrogens is 256 g/mol. The van der Waals surface area contributed by atoms with Gasteiger partial charge in [-0.05, 0) is 43.5 Å². The standard InChI is InChI=1S/C14H16N4O2/c19-13(8-15-7-10-4-5-10)17-12-3-1-2-11(6-12)14-18-16-9-20-14/h1-3,6,9-10,15H,4-5,7-8H2,(H,17,19). The number of nitrogens with zero attached hydrogens (tertiary/aromatic N) is 2. The molecule has 0 bridgehead atoms. The average molecular weight is 272 g/mol. The van der Waals surface area contributed by atoms with Gasteiger partial charge in [0.1, 0.15) is 0 Å². The van der Waals surface area contributed by atoms with Gasteiger partial charge in [0.2, 0.25) is 18.2 Å². The van der Waals surface area contributed by atoms with Gasteiger partial charge in [0.25, 0.3) is 0 Å². The zero-order valence-electron chi connectivity index (χ0n) is 11.0. The van der Waals surface area contributed by atoms with Crippen LogP contribution in [0.4, 0.5) is 5.69 Å². The average Bonchev–Trinajstić information content (AvgIpc) is 3.10. The maximum atomic E-state index is 11.8. The van der Waals surface area contributed by atoms with Crippen LogP contribution in [0.2, 0.25) is 0 Å². The van der Waals surface area contributed by atoms with E-state index < -0.39 is 0 Å². The number of anilines is 1. The van der Waals surface area contributed by atoms with Crippen LogP contribution in [0, 0.1) is 5.92 Å². The van der Waals surface area contributed by atoms with Crippen molar-refractivity contribution in [3.8, 4) is 11.5 Å². The Morgan fingerprint density at radius 3 is 3.05 bits per heavy atom. The molecule has 104 valence electrons. The largest absolute Gasteiger partial charge is 0.423 e. The third kappa shape index (κ3) is 3.42. The fourth-order valence-corrected chi connectivity index (χ4v) is 1.95. The summed E-state index contributed by atoms with van der Waals surface area (Å²) in [6.07, 6.45) is 3.84. The third-order valence-electron chi connectivity index (χ3n) is 3.17. The molecule has 3 rings (SSSR count). The topological polar surface area (TPSA) is 80.0 Å². The minimum Gasteiger partial charge on any atom is -0.423 e. The summed E-state index contributed by atoms with van der Waals surface area (Å²) in [5.74, 6) is 1.16. The van der Waals surface area contributed by atoms with Crippen molar-refractivity contribution in [2.24, 2.45) is 5.92 Å². The van der Waals surface area contributed by atoms with Crippen molar-refractivity contribution in [1.29, 1.82) is 0 Å². The molecule has 0 saturated heterocycles. The molecule has 1 saturated carbocycles. The fourth-order valence-electron chi connectivity index (χ4n) is 1.95. The molecule has 6 heteroatoms. The predicted octanol–water partition coefficient (Wildman–Crippen LogP) is 1.67. The van der Waals surface area contributed by atoms with E-state index in [2.05, 4.69) is 20.8 Å². The Hall–Kier alpha value is -2.21. The van der Waals surface area contributed by atoms with Crippen LogP contribution in [0.1, 0.15) is 12.8 Å². The molecule has 0 aliphatic heterocycles. The smallest absolute Gasteiger partial charge is 0.247 e. The van der Waals surface area contributed by atoms with E-state index in [1.165, 1.54) is 19.2 Å². The van der Waals surface area contributed by atoms with Crippen LogP contribution >= 0.6 is 0 Å². The molecule has 1 aliphatic carbocycles. The molecule has 1 aromatic heterocycles. The van der Waals surface area contributed by atoms with Gasteiger partial charge in [0.05, 0.1) is 6.54 Å². The SMILES string of the molecule is O=C(CNCC1CC1)Nc1cccc(-c2nnco2)c1. The number of rotatable bonds is 6. The van der Waals surface area contributed by atoms with E-state index in [0.29, 0.717) is 12.4 Å². The van der Waals surface area contributed by atoms with Gasteiger partial charge in [-0.25, -0.2) is 0 Å². The lowest BCUT2D eigenvalue weighted by Crippen LogP contribution is -2.29. The highest BCUT2D eigenvalue weighted by atomic mass is 16.4. The monoisotopic (exact) mass is 272 g/mol. The lowest BCUT2D eigenvalue weighted by molar-refractivity contribution is -0.115. The molecule has 20 heavy (non-hydrogen) atoms. The maximum Gasteiger partial charge on any atom is 0.247 e. The van der Waals surface area contributed by atoms with Gasteiger partial charge < -0.3 is 15.1 Å². The number of nitrogens with one attached hydrogen (secondary N) is 2. The van der Waals surface area contributed by atoms with Crippen LogP contribution in [0.5, 0.6) is 0 Å². The van der Waals surface area contributed by atoms with Crippen molar-refractivity contribution in [3.63, 3.8) is 0 Å². The summed E-state index contributed by atoms with van der Waals surface area (Å²) in [5.41, 5.74) is 1.50. The summed E-state index contributed by atoms with van der Waals surface area (Å²) in [6.45, 7) is 1.26. The van der Waals surface area contributed by atoms with Crippen molar-refractivity contribution in [2.45, 2.75) is 12.8 Å². The lowest BCUT2D eigenvalue weighted by atomic mass is 10.2. The molecule has 0 unspecified atom stereocenters. The van der Waals surface area contributed by atoms with Gasteiger partial charge in [-0.15, -0.1) is 10.2 Å². The Labute approximate surface area is 116 Å². The minimum atomic E-state index is -0.0478. The van der Waals surface area contributed by atoms with Gasteiger partial charge in [-0.1, -0.05) is 6.07 Å². The molecule has 0 atom stereocenters. The van der Waals surface area contributed by atoms with Crippen LogP contribution in [-0.2, 0) is 4.79 Å². The first-order chi connectivity index (χ1) is 9.81. The summed E-state index contributed by atoms with van der Waals surface area (Å²) >= 11 is 0. The number of carbonyl (C=O) groups excluding carboxylic acids is 1. The summed E-state index contributed by atoms with van der Waals surface area (Å²) in [6, 6.07) is 7.34. The van der Waals surface area contributed by atoms with Crippen LogP contribution < -0.4 is 10.6 Å². The minimum absolute atomic E-state index is 0.0478. The van der Waals surface area contributed by atoms with E-state index in [1.807, 2.05) is 24.3 Å². The molecule has 0 radical (unpaired) electrons. The quantitative estimate of drug-likeness (QED) is 0.836. The molecule has 1 heterocycles. The number of amides is 1. The third-order valence-corrected chi connectivity index (χ3v) is 3.17. The molecule has 1 amide bonds. The number of hydrogen-bond donors (Lipinski definition) is 2. The first-order valence-electron chi connectivity index (χ1n) is 6.68. The van der Waals surface area contributed by atoms with E-state index in [-0.39, 0.29) is 5.91 Å². The van der Waals surface area contributed by atoms with Gasteiger partial charge in [-0.3, -0.25) is 4.79 Å². The maximum absolute atomic E-state index is 11.8. The van der Waals surface area contributed by atoms with Crippen molar-refractivity contribution >= 4 is 11.6 Å². The second-order valence-electron chi connectivity index (χ2n) is 4.95. The highest BCUT2D eigenvalue weighted by Crippen LogP contribution is 2.27. The van der Waals surface area contributed by atoms with Gasteiger partial charge in [-0.2, -0.15) is 0 Å². The van der Waals surface area contributed by atoms with Gasteiger partial charge in [0, 0.05) is 11.3 Å². The van der Waals surface area contributed by atoms with E-state index in [0.717, 1.165) is 23.7 Å². The number of aromatic nitrogens is 2. The molecule has 1 fully saturated rings. The molecule has 1 aromatic carbocycles. The summed E-state index contributed by atoms with van der Waals surface area (Å²) in [4.78, 5) is 11.8. The van der Waals surface area contributed by atoms with Crippen molar-refractivity contribution in [3.05, 3.63) is 30.7 Å². The van der Waals surface area contributed by atoms with Crippen molar-refractivity contribution in [1.82, 2.24) is 15.5 Å². The molecule has 1 aliphatic rings. The van der Waals surface area contributed by atoms with E-state index in [9.17, 15) is 4.79 Å². The van der Waals surface area contributed by atoms with Crippen LogP contribution in [0.3, 0.4) is 0 Å². The number of carbonyl (C=O) groups is 1. The van der Waals surface area contributed by atoms with E-state index in [1.54, 1.807) is 0 Å². The summed E-state index contributed by atoms with van der Waals surface area (Å²) in [7, 11) is 0. The molecule has 0 spiro atoms. The molecule has 6 nitrogen and oxygen atoms in total. The zero-order valence-corrected chi connectivity index (χ0v) is 11.0. The van der Waals surface area contributed by atoms with E-state index >= 15 is 0 Å². The Balaban J connectivity index is 1.56. The molecule has 2 aromatic rings. The van der Waals surface area contributed by atoms with E-state index in [4.69, 9.17) is 4.42 Å². The number of hydrogen-bond acceptors (Lipinski definition) is 5. The highest BCUT2D eigenvalue weighted by molar-refractivity contribution is 5.92. The van der Waals surface area contributed by atoms with Crippen molar-refractivity contribution < 1.29 is 9.21 Å². The Morgan fingerprint density at radius 2 is 2.30 bits per heavy atom. The first kappa shape index (κ1) is 12.8. The summed E-state index contributed by atoms with van der Waals surface area (Å²) in [5, 5.41) is 13.5. The second-order valence-corrected chi connectivity index (χ2v) is 4.95. The predicted molar refractivity (Wildman–Crippen MR) is 74.0 cm³/mol. The van der Waals surface area contributed by atoms with Gasteiger partial charge >= 0.3 is 0 Å².